The van der Waals surface area contributed by atoms with Crippen molar-refractivity contribution in [1.29, 1.82) is 0 Å². The van der Waals surface area contributed by atoms with Crippen LogP contribution in [0.5, 0.6) is 0 Å². The van der Waals surface area contributed by atoms with Gasteiger partial charge < -0.3 is 4.90 Å². The maximum absolute atomic E-state index is 12.6. The number of rotatable bonds is 4. The zero-order chi connectivity index (χ0) is 16.3. The van der Waals surface area contributed by atoms with E-state index in [0.717, 1.165) is 16.8 Å². The lowest BCUT2D eigenvalue weighted by molar-refractivity contribution is 0.384. The summed E-state index contributed by atoms with van der Waals surface area (Å²) >= 11 is 0. The van der Waals surface area contributed by atoms with Gasteiger partial charge >= 0.3 is 0 Å². The summed E-state index contributed by atoms with van der Waals surface area (Å²) in [6.45, 7) is 4.44. The maximum Gasteiger partial charge on any atom is 0.218 e. The van der Waals surface area contributed by atoms with Gasteiger partial charge in [-0.1, -0.05) is 29.8 Å². The second kappa shape index (κ2) is 6.68. The fourth-order valence-corrected chi connectivity index (χ4v) is 4.39. The molecule has 1 aromatic carbocycles. The molecule has 3 rings (SSSR count). The number of aryl methyl sites for hydroxylation is 1. The van der Waals surface area contributed by atoms with Crippen molar-refractivity contribution in [2.45, 2.75) is 12.7 Å². The Morgan fingerprint density at radius 1 is 1.04 bits per heavy atom. The van der Waals surface area contributed by atoms with Gasteiger partial charge in [-0.3, -0.25) is 4.98 Å². The number of benzene rings is 1. The molecule has 0 N–H and O–H groups in total. The maximum atomic E-state index is 12.6. The second-order valence-corrected chi connectivity index (χ2v) is 7.81. The van der Waals surface area contributed by atoms with Crippen LogP contribution >= 0.6 is 0 Å². The number of aromatic nitrogens is 1. The zero-order valence-electron chi connectivity index (χ0n) is 13.2. The van der Waals surface area contributed by atoms with Crippen molar-refractivity contribution < 1.29 is 8.42 Å². The second-order valence-electron chi connectivity index (χ2n) is 5.84. The summed E-state index contributed by atoms with van der Waals surface area (Å²) < 4.78 is 26.8. The molecule has 0 aliphatic carbocycles. The van der Waals surface area contributed by atoms with Crippen molar-refractivity contribution in [3.05, 3.63) is 59.9 Å². The first-order valence-corrected chi connectivity index (χ1v) is 9.34. The molecule has 0 radical (unpaired) electrons. The molecule has 6 heteroatoms. The molecule has 2 aromatic rings. The highest BCUT2D eigenvalue weighted by Gasteiger charge is 2.27. The van der Waals surface area contributed by atoms with Crippen molar-refractivity contribution in [2.75, 3.05) is 31.1 Å². The van der Waals surface area contributed by atoms with Crippen LogP contribution in [0, 0.1) is 6.92 Å². The minimum Gasteiger partial charge on any atom is -0.369 e. The highest BCUT2D eigenvalue weighted by atomic mass is 32.2. The molecule has 1 saturated heterocycles. The van der Waals surface area contributed by atoms with E-state index < -0.39 is 10.0 Å². The Morgan fingerprint density at radius 3 is 2.39 bits per heavy atom. The predicted octanol–water partition coefficient (Wildman–Crippen LogP) is 2.04. The van der Waals surface area contributed by atoms with Gasteiger partial charge in [0.2, 0.25) is 10.0 Å². The van der Waals surface area contributed by atoms with Gasteiger partial charge in [-0.15, -0.1) is 0 Å². The summed E-state index contributed by atoms with van der Waals surface area (Å²) in [7, 11) is -3.26. The molecule has 1 aliphatic heterocycles. The van der Waals surface area contributed by atoms with Crippen LogP contribution in [0.1, 0.15) is 11.1 Å². The number of pyridine rings is 1. The highest BCUT2D eigenvalue weighted by molar-refractivity contribution is 7.88. The third-order valence-electron chi connectivity index (χ3n) is 4.09. The average Bonchev–Trinajstić information content (AvgIpc) is 2.55. The fourth-order valence-electron chi connectivity index (χ4n) is 2.88. The Kier molecular flexibility index (Phi) is 4.63. The van der Waals surface area contributed by atoms with Crippen LogP contribution in [0.25, 0.3) is 0 Å². The third-order valence-corrected chi connectivity index (χ3v) is 5.94. The summed E-state index contributed by atoms with van der Waals surface area (Å²) in [5.41, 5.74) is 3.03. The Labute approximate surface area is 137 Å². The van der Waals surface area contributed by atoms with Crippen LogP contribution in [0.2, 0.25) is 0 Å². The van der Waals surface area contributed by atoms with Gasteiger partial charge in [0.1, 0.15) is 0 Å². The number of hydrogen-bond acceptors (Lipinski definition) is 4. The van der Waals surface area contributed by atoms with Gasteiger partial charge in [-0.05, 0) is 24.6 Å². The molecule has 1 aliphatic rings. The largest absolute Gasteiger partial charge is 0.369 e. The quantitative estimate of drug-likeness (QED) is 0.860. The third kappa shape index (κ3) is 3.89. The van der Waals surface area contributed by atoms with Gasteiger partial charge in [0.05, 0.1) is 5.75 Å². The van der Waals surface area contributed by atoms with Crippen LogP contribution in [-0.2, 0) is 15.8 Å². The minimum absolute atomic E-state index is 0.0734. The molecule has 5 nitrogen and oxygen atoms in total. The van der Waals surface area contributed by atoms with Crippen molar-refractivity contribution in [1.82, 2.24) is 9.29 Å². The van der Waals surface area contributed by atoms with Crippen molar-refractivity contribution in [3.63, 3.8) is 0 Å². The van der Waals surface area contributed by atoms with Gasteiger partial charge in [0, 0.05) is 44.3 Å². The highest BCUT2D eigenvalue weighted by Crippen LogP contribution is 2.18. The van der Waals surface area contributed by atoms with E-state index in [0.29, 0.717) is 26.2 Å². The molecule has 0 unspecified atom stereocenters. The number of piperazine rings is 1. The Bertz CT molecular complexity index is 754. The van der Waals surface area contributed by atoms with Crippen molar-refractivity contribution >= 4 is 15.7 Å². The van der Waals surface area contributed by atoms with E-state index in [-0.39, 0.29) is 5.75 Å². The molecule has 0 amide bonds. The summed E-state index contributed by atoms with van der Waals surface area (Å²) in [6, 6.07) is 11.6. The first-order valence-electron chi connectivity index (χ1n) is 7.73. The van der Waals surface area contributed by atoms with E-state index in [4.69, 9.17) is 0 Å². The lowest BCUT2D eigenvalue weighted by atomic mass is 10.2. The van der Waals surface area contributed by atoms with E-state index in [1.165, 1.54) is 0 Å². The fraction of sp³-hybridized carbons (Fsp3) is 0.353. The number of nitrogens with zero attached hydrogens (tertiary/aromatic N) is 3. The van der Waals surface area contributed by atoms with Gasteiger partial charge in [-0.2, -0.15) is 4.31 Å². The molecular weight excluding hydrogens is 310 g/mol. The van der Waals surface area contributed by atoms with Gasteiger partial charge in [0.25, 0.3) is 0 Å². The summed E-state index contributed by atoms with van der Waals surface area (Å²) in [4.78, 5) is 6.21. The number of sulfonamides is 1. The van der Waals surface area contributed by atoms with Crippen molar-refractivity contribution in [3.8, 4) is 0 Å². The van der Waals surface area contributed by atoms with Crippen LogP contribution in [0.4, 0.5) is 5.69 Å². The molecule has 0 spiro atoms. The Hall–Kier alpha value is -1.92. The first kappa shape index (κ1) is 16.0. The zero-order valence-corrected chi connectivity index (χ0v) is 14.0. The van der Waals surface area contributed by atoms with E-state index in [1.807, 2.05) is 43.3 Å². The Balaban J connectivity index is 1.64. The standard InChI is InChI=1S/C17H21N3O2S/c1-15-3-2-4-16(13-15)14-23(21,22)20-11-9-19(10-12-20)17-5-7-18-8-6-17/h2-8,13H,9-12,14H2,1H3. The van der Waals surface area contributed by atoms with Crippen LogP contribution in [0.3, 0.4) is 0 Å². The predicted molar refractivity (Wildman–Crippen MR) is 91.8 cm³/mol. The van der Waals surface area contributed by atoms with Gasteiger partial charge in [-0.25, -0.2) is 8.42 Å². The summed E-state index contributed by atoms with van der Waals surface area (Å²) in [5.74, 6) is 0.0734. The summed E-state index contributed by atoms with van der Waals surface area (Å²) in [6.07, 6.45) is 3.52. The smallest absolute Gasteiger partial charge is 0.218 e. The summed E-state index contributed by atoms with van der Waals surface area (Å²) in [5, 5.41) is 0. The van der Waals surface area contributed by atoms with E-state index in [1.54, 1.807) is 16.7 Å². The molecule has 0 bridgehead atoms. The molecule has 0 atom stereocenters. The topological polar surface area (TPSA) is 53.5 Å². The lowest BCUT2D eigenvalue weighted by Crippen LogP contribution is -2.49. The lowest BCUT2D eigenvalue weighted by Gasteiger charge is -2.35. The Morgan fingerprint density at radius 2 is 1.74 bits per heavy atom. The molecule has 0 saturated carbocycles. The number of hydrogen-bond donors (Lipinski definition) is 0. The SMILES string of the molecule is Cc1cccc(CS(=O)(=O)N2CCN(c3ccncc3)CC2)c1. The van der Waals surface area contributed by atoms with Crippen LogP contribution in [0.15, 0.2) is 48.8 Å². The van der Waals surface area contributed by atoms with Crippen LogP contribution < -0.4 is 4.90 Å². The van der Waals surface area contributed by atoms with Crippen molar-refractivity contribution in [2.24, 2.45) is 0 Å². The van der Waals surface area contributed by atoms with E-state index in [2.05, 4.69) is 9.88 Å². The molecule has 2 heterocycles. The molecule has 1 aromatic heterocycles. The minimum atomic E-state index is -3.26. The number of anilines is 1. The normalized spacial score (nSPS) is 16.5. The van der Waals surface area contributed by atoms with Gasteiger partial charge in [0.15, 0.2) is 0 Å². The molecule has 1 fully saturated rings. The first-order chi connectivity index (χ1) is 11.0. The van der Waals surface area contributed by atoms with E-state index >= 15 is 0 Å². The molecule has 122 valence electrons. The van der Waals surface area contributed by atoms with Crippen LogP contribution in [-0.4, -0.2) is 43.9 Å². The average molecular weight is 331 g/mol. The molecule has 23 heavy (non-hydrogen) atoms. The molecular formula is C17H21N3O2S. The van der Waals surface area contributed by atoms with E-state index in [9.17, 15) is 8.42 Å². The monoisotopic (exact) mass is 331 g/mol.